The summed E-state index contributed by atoms with van der Waals surface area (Å²) in [5, 5.41) is 0. The standard InChI is InChI=1S/C25H32N2O/c28-25(20-23-14-13-22-11-4-5-12-24(22)23)27-17-7-16-26(18-19-27)15-6-10-21-8-2-1-3-9-21/h1-5,8-9,11-12,23H,6-7,10,13-20H2. The first-order valence-electron chi connectivity index (χ1n) is 10.9. The van der Waals surface area contributed by atoms with Crippen LogP contribution in [-0.4, -0.2) is 48.4 Å². The number of amides is 1. The van der Waals surface area contributed by atoms with E-state index in [0.29, 0.717) is 18.2 Å². The zero-order valence-electron chi connectivity index (χ0n) is 16.9. The van der Waals surface area contributed by atoms with Crippen LogP contribution in [0.5, 0.6) is 0 Å². The number of benzene rings is 2. The van der Waals surface area contributed by atoms with Gasteiger partial charge in [0, 0.05) is 26.1 Å². The van der Waals surface area contributed by atoms with Gasteiger partial charge in [0.1, 0.15) is 0 Å². The summed E-state index contributed by atoms with van der Waals surface area (Å²) in [7, 11) is 0. The molecule has 0 N–H and O–H groups in total. The largest absolute Gasteiger partial charge is 0.341 e. The lowest BCUT2D eigenvalue weighted by molar-refractivity contribution is -0.131. The fraction of sp³-hybridized carbons (Fsp3) is 0.480. The Morgan fingerprint density at radius 2 is 1.75 bits per heavy atom. The zero-order valence-corrected chi connectivity index (χ0v) is 16.9. The fourth-order valence-corrected chi connectivity index (χ4v) is 4.79. The number of hydrogen-bond acceptors (Lipinski definition) is 2. The molecule has 1 aliphatic heterocycles. The van der Waals surface area contributed by atoms with Crippen LogP contribution in [0.25, 0.3) is 0 Å². The van der Waals surface area contributed by atoms with Gasteiger partial charge in [0.05, 0.1) is 0 Å². The number of rotatable bonds is 6. The van der Waals surface area contributed by atoms with Crippen LogP contribution in [0.15, 0.2) is 54.6 Å². The monoisotopic (exact) mass is 376 g/mol. The number of fused-ring (bicyclic) bond motifs is 1. The fourth-order valence-electron chi connectivity index (χ4n) is 4.79. The molecule has 0 radical (unpaired) electrons. The van der Waals surface area contributed by atoms with Crippen molar-refractivity contribution in [3.05, 3.63) is 71.3 Å². The number of carbonyl (C=O) groups excluding carboxylic acids is 1. The van der Waals surface area contributed by atoms with E-state index in [1.54, 1.807) is 0 Å². The quantitative estimate of drug-likeness (QED) is 0.751. The van der Waals surface area contributed by atoms with Gasteiger partial charge in [-0.05, 0) is 67.8 Å². The Balaban J connectivity index is 1.23. The number of aryl methyl sites for hydroxylation is 2. The van der Waals surface area contributed by atoms with E-state index in [2.05, 4.69) is 64.4 Å². The molecular weight excluding hydrogens is 344 g/mol. The molecule has 1 amide bonds. The molecule has 1 aliphatic carbocycles. The molecule has 0 bridgehead atoms. The summed E-state index contributed by atoms with van der Waals surface area (Å²) in [4.78, 5) is 17.6. The van der Waals surface area contributed by atoms with Crippen LogP contribution in [0.3, 0.4) is 0 Å². The molecule has 1 heterocycles. The molecule has 2 aromatic carbocycles. The van der Waals surface area contributed by atoms with Gasteiger partial charge in [-0.25, -0.2) is 0 Å². The lowest BCUT2D eigenvalue weighted by atomic mass is 9.97. The van der Waals surface area contributed by atoms with Crippen LogP contribution in [0, 0.1) is 0 Å². The molecule has 148 valence electrons. The summed E-state index contributed by atoms with van der Waals surface area (Å²) in [5.41, 5.74) is 4.28. The second-order valence-electron chi connectivity index (χ2n) is 8.30. The maximum absolute atomic E-state index is 12.9. The summed E-state index contributed by atoms with van der Waals surface area (Å²) in [6.45, 7) is 5.07. The van der Waals surface area contributed by atoms with E-state index in [1.807, 2.05) is 0 Å². The lowest BCUT2D eigenvalue weighted by Gasteiger charge is -2.23. The third-order valence-corrected chi connectivity index (χ3v) is 6.40. The normalized spacial score (nSPS) is 20.0. The molecule has 1 fully saturated rings. The summed E-state index contributed by atoms with van der Waals surface area (Å²) in [6.07, 6.45) is 6.37. The minimum atomic E-state index is 0.354. The molecule has 0 spiro atoms. The van der Waals surface area contributed by atoms with Crippen LogP contribution in [0.2, 0.25) is 0 Å². The predicted molar refractivity (Wildman–Crippen MR) is 115 cm³/mol. The van der Waals surface area contributed by atoms with Gasteiger partial charge < -0.3 is 9.80 Å². The molecule has 2 aliphatic rings. The summed E-state index contributed by atoms with van der Waals surface area (Å²) in [5.74, 6) is 0.779. The first kappa shape index (κ1) is 19.2. The number of nitrogens with zero attached hydrogens (tertiary/aromatic N) is 2. The number of hydrogen-bond donors (Lipinski definition) is 0. The minimum absolute atomic E-state index is 0.354. The topological polar surface area (TPSA) is 23.6 Å². The van der Waals surface area contributed by atoms with Crippen molar-refractivity contribution in [2.45, 2.75) is 44.4 Å². The van der Waals surface area contributed by atoms with E-state index in [0.717, 1.165) is 58.4 Å². The summed E-state index contributed by atoms with van der Waals surface area (Å²) in [6, 6.07) is 19.4. The Morgan fingerprint density at radius 1 is 0.929 bits per heavy atom. The van der Waals surface area contributed by atoms with Gasteiger partial charge in [0.15, 0.2) is 0 Å². The van der Waals surface area contributed by atoms with Gasteiger partial charge in [-0.2, -0.15) is 0 Å². The maximum atomic E-state index is 12.9. The molecule has 1 saturated heterocycles. The van der Waals surface area contributed by atoms with Crippen molar-refractivity contribution in [2.75, 3.05) is 32.7 Å². The highest BCUT2D eigenvalue weighted by molar-refractivity contribution is 5.77. The minimum Gasteiger partial charge on any atom is -0.341 e. The van der Waals surface area contributed by atoms with Gasteiger partial charge >= 0.3 is 0 Å². The molecular formula is C25H32N2O. The van der Waals surface area contributed by atoms with Gasteiger partial charge in [0.2, 0.25) is 5.91 Å². The van der Waals surface area contributed by atoms with Crippen LogP contribution < -0.4 is 0 Å². The lowest BCUT2D eigenvalue weighted by Crippen LogP contribution is -2.36. The van der Waals surface area contributed by atoms with E-state index in [4.69, 9.17) is 0 Å². The van der Waals surface area contributed by atoms with E-state index in [9.17, 15) is 4.79 Å². The summed E-state index contributed by atoms with van der Waals surface area (Å²) >= 11 is 0. The van der Waals surface area contributed by atoms with E-state index in [-0.39, 0.29) is 0 Å². The van der Waals surface area contributed by atoms with Crippen molar-refractivity contribution < 1.29 is 4.79 Å². The summed E-state index contributed by atoms with van der Waals surface area (Å²) < 4.78 is 0. The van der Waals surface area contributed by atoms with Crippen LogP contribution in [-0.2, 0) is 17.6 Å². The SMILES string of the molecule is O=C(CC1CCc2ccccc21)N1CCCN(CCCc2ccccc2)CC1. The van der Waals surface area contributed by atoms with Gasteiger partial charge in [-0.3, -0.25) is 4.79 Å². The van der Waals surface area contributed by atoms with Crippen molar-refractivity contribution >= 4 is 5.91 Å². The average molecular weight is 377 g/mol. The second-order valence-corrected chi connectivity index (χ2v) is 8.30. The zero-order chi connectivity index (χ0) is 19.2. The molecule has 1 unspecified atom stereocenters. The average Bonchev–Trinajstić information content (AvgIpc) is 2.98. The molecule has 4 rings (SSSR count). The highest BCUT2D eigenvalue weighted by Crippen LogP contribution is 2.35. The Bertz CT molecular complexity index is 773. The first-order chi connectivity index (χ1) is 13.8. The van der Waals surface area contributed by atoms with Crippen LogP contribution in [0.4, 0.5) is 0 Å². The highest BCUT2D eigenvalue weighted by Gasteiger charge is 2.27. The van der Waals surface area contributed by atoms with Gasteiger partial charge in [0.25, 0.3) is 0 Å². The van der Waals surface area contributed by atoms with Gasteiger partial charge in [-0.15, -0.1) is 0 Å². The Labute approximate surface area is 169 Å². The molecule has 0 aromatic heterocycles. The third-order valence-electron chi connectivity index (χ3n) is 6.40. The van der Waals surface area contributed by atoms with Crippen molar-refractivity contribution in [3.63, 3.8) is 0 Å². The van der Waals surface area contributed by atoms with Crippen LogP contribution in [0.1, 0.15) is 48.3 Å². The molecule has 1 atom stereocenters. The van der Waals surface area contributed by atoms with E-state index < -0.39 is 0 Å². The van der Waals surface area contributed by atoms with Gasteiger partial charge in [-0.1, -0.05) is 54.6 Å². The Kier molecular flexibility index (Phi) is 6.43. The predicted octanol–water partition coefficient (Wildman–Crippen LogP) is 4.27. The highest BCUT2D eigenvalue weighted by atomic mass is 16.2. The molecule has 0 saturated carbocycles. The molecule has 2 aromatic rings. The third kappa shape index (κ3) is 4.82. The van der Waals surface area contributed by atoms with Crippen molar-refractivity contribution in [2.24, 2.45) is 0 Å². The Hall–Kier alpha value is -2.13. The van der Waals surface area contributed by atoms with E-state index in [1.165, 1.54) is 23.1 Å². The molecule has 28 heavy (non-hydrogen) atoms. The van der Waals surface area contributed by atoms with Crippen LogP contribution >= 0.6 is 0 Å². The smallest absolute Gasteiger partial charge is 0.223 e. The number of carbonyl (C=O) groups is 1. The van der Waals surface area contributed by atoms with Crippen molar-refractivity contribution in [1.82, 2.24) is 9.80 Å². The maximum Gasteiger partial charge on any atom is 0.223 e. The van der Waals surface area contributed by atoms with E-state index >= 15 is 0 Å². The molecule has 3 heteroatoms. The second kappa shape index (κ2) is 9.38. The Morgan fingerprint density at radius 3 is 2.64 bits per heavy atom. The molecule has 3 nitrogen and oxygen atoms in total. The van der Waals surface area contributed by atoms with Crippen molar-refractivity contribution in [1.29, 1.82) is 0 Å². The first-order valence-corrected chi connectivity index (χ1v) is 10.9. The van der Waals surface area contributed by atoms with Crippen molar-refractivity contribution in [3.8, 4) is 0 Å².